The van der Waals surface area contributed by atoms with Crippen LogP contribution in [-0.4, -0.2) is 61.3 Å². The van der Waals surface area contributed by atoms with Crippen molar-refractivity contribution in [1.29, 1.82) is 0 Å². The number of benzene rings is 1. The molecule has 0 aromatic heterocycles. The summed E-state index contributed by atoms with van der Waals surface area (Å²) in [6, 6.07) is 11.2. The van der Waals surface area contributed by atoms with Gasteiger partial charge < -0.3 is 15.4 Å². The highest BCUT2D eigenvalue weighted by Gasteiger charge is 2.67. The first-order valence-corrected chi connectivity index (χ1v) is 12.5. The summed E-state index contributed by atoms with van der Waals surface area (Å²) in [5.74, 6) is 2.42. The van der Waals surface area contributed by atoms with E-state index in [4.69, 9.17) is 4.74 Å². The maximum absolute atomic E-state index is 13.9. The summed E-state index contributed by atoms with van der Waals surface area (Å²) in [7, 11) is 0. The van der Waals surface area contributed by atoms with Gasteiger partial charge in [0.2, 0.25) is 5.91 Å². The fourth-order valence-corrected chi connectivity index (χ4v) is 7.06. The first-order valence-electron chi connectivity index (χ1n) is 12.5. The number of nitrogens with zero attached hydrogens (tertiary/aromatic N) is 1. The molecule has 5 nitrogen and oxygen atoms in total. The highest BCUT2D eigenvalue weighted by molar-refractivity contribution is 5.89. The van der Waals surface area contributed by atoms with Crippen molar-refractivity contribution >= 4 is 5.91 Å². The van der Waals surface area contributed by atoms with Gasteiger partial charge in [0, 0.05) is 38.2 Å². The van der Waals surface area contributed by atoms with Gasteiger partial charge >= 0.3 is 0 Å². The van der Waals surface area contributed by atoms with Crippen LogP contribution >= 0.6 is 0 Å². The number of carbonyl (C=O) groups excluding carboxylic acids is 1. The van der Waals surface area contributed by atoms with Crippen molar-refractivity contribution in [2.45, 2.75) is 63.6 Å². The standard InChI is InChI=1S/C26H39N3O2/c1-18(2)16-29-17-21-13-20-14-28-26(21,25(30)27-15-22-10-6-7-11-31-22)24(29)23(20)12-19-8-4-3-5-9-19/h3-5,8-9,18,20-24,28H,6-7,10-17H2,1-2H3,(H,27,30)/t20-,21-,22?,23+,24?,26-/m0/s1. The molecule has 6 atom stereocenters. The number of fused-ring (bicyclic) bond motifs is 1. The molecule has 31 heavy (non-hydrogen) atoms. The van der Waals surface area contributed by atoms with Gasteiger partial charge in [-0.05, 0) is 62.0 Å². The predicted molar refractivity (Wildman–Crippen MR) is 123 cm³/mol. The molecule has 1 aliphatic carbocycles. The fraction of sp³-hybridized carbons (Fsp3) is 0.731. The molecule has 5 fully saturated rings. The Morgan fingerprint density at radius 1 is 1.29 bits per heavy atom. The van der Waals surface area contributed by atoms with E-state index in [-0.39, 0.29) is 18.1 Å². The third kappa shape index (κ3) is 3.94. The van der Waals surface area contributed by atoms with Gasteiger partial charge in [-0.1, -0.05) is 44.2 Å². The summed E-state index contributed by atoms with van der Waals surface area (Å²) in [6.07, 6.45) is 5.83. The average molecular weight is 426 g/mol. The van der Waals surface area contributed by atoms with Crippen LogP contribution in [-0.2, 0) is 16.0 Å². The molecule has 170 valence electrons. The minimum Gasteiger partial charge on any atom is -0.376 e. The number of nitrogens with one attached hydrogen (secondary N) is 2. The van der Waals surface area contributed by atoms with Crippen molar-refractivity contribution in [1.82, 2.24) is 15.5 Å². The molecule has 0 radical (unpaired) electrons. The number of piperidine rings is 2. The van der Waals surface area contributed by atoms with E-state index in [0.717, 1.165) is 45.5 Å². The number of hydrogen-bond acceptors (Lipinski definition) is 4. The zero-order valence-corrected chi connectivity index (χ0v) is 19.2. The van der Waals surface area contributed by atoms with Crippen LogP contribution in [0.1, 0.15) is 45.1 Å². The van der Waals surface area contributed by atoms with Crippen LogP contribution in [0.5, 0.6) is 0 Å². The van der Waals surface area contributed by atoms with Crippen molar-refractivity contribution in [2.75, 3.05) is 32.8 Å². The zero-order chi connectivity index (χ0) is 21.4. The molecule has 1 aromatic carbocycles. The Labute approximate surface area is 187 Å². The molecule has 2 N–H and O–H groups in total. The summed E-state index contributed by atoms with van der Waals surface area (Å²) in [5.41, 5.74) is 0.955. The minimum absolute atomic E-state index is 0.179. The number of likely N-dealkylation sites (tertiary alicyclic amines) is 1. The highest BCUT2D eigenvalue weighted by Crippen LogP contribution is 2.53. The minimum atomic E-state index is -0.447. The first kappa shape index (κ1) is 21.4. The molecule has 4 saturated heterocycles. The molecule has 6 rings (SSSR count). The van der Waals surface area contributed by atoms with Crippen molar-refractivity contribution in [3.05, 3.63) is 35.9 Å². The Balaban J connectivity index is 1.40. The van der Waals surface area contributed by atoms with Crippen molar-refractivity contribution in [3.8, 4) is 0 Å². The fourth-order valence-electron chi connectivity index (χ4n) is 7.06. The maximum Gasteiger partial charge on any atom is 0.242 e. The van der Waals surface area contributed by atoms with Crippen LogP contribution in [0.3, 0.4) is 0 Å². The lowest BCUT2D eigenvalue weighted by Crippen LogP contribution is -2.76. The van der Waals surface area contributed by atoms with Crippen molar-refractivity contribution < 1.29 is 9.53 Å². The Bertz CT molecular complexity index is 763. The van der Waals surface area contributed by atoms with Gasteiger partial charge in [-0.15, -0.1) is 0 Å². The van der Waals surface area contributed by atoms with Crippen LogP contribution in [0, 0.1) is 23.7 Å². The van der Waals surface area contributed by atoms with E-state index in [0.29, 0.717) is 30.2 Å². The van der Waals surface area contributed by atoms with Gasteiger partial charge in [0.1, 0.15) is 5.54 Å². The second kappa shape index (κ2) is 8.84. The van der Waals surface area contributed by atoms with E-state index in [9.17, 15) is 4.79 Å². The van der Waals surface area contributed by atoms with E-state index in [1.54, 1.807) is 0 Å². The van der Waals surface area contributed by atoms with Crippen LogP contribution in [0.15, 0.2) is 30.3 Å². The van der Waals surface area contributed by atoms with Crippen LogP contribution in [0.4, 0.5) is 0 Å². The smallest absolute Gasteiger partial charge is 0.242 e. The molecular weight excluding hydrogens is 386 g/mol. The molecule has 4 bridgehead atoms. The van der Waals surface area contributed by atoms with E-state index in [1.807, 2.05) is 0 Å². The second-order valence-corrected chi connectivity index (χ2v) is 10.8. The van der Waals surface area contributed by atoms with Gasteiger partial charge in [0.15, 0.2) is 0 Å². The largest absolute Gasteiger partial charge is 0.376 e. The van der Waals surface area contributed by atoms with Gasteiger partial charge in [0.25, 0.3) is 0 Å². The summed E-state index contributed by atoms with van der Waals surface area (Å²) < 4.78 is 5.89. The van der Waals surface area contributed by atoms with E-state index in [1.165, 1.54) is 18.4 Å². The third-order valence-electron chi connectivity index (χ3n) is 8.27. The summed E-state index contributed by atoms with van der Waals surface area (Å²) >= 11 is 0. The molecule has 5 aliphatic rings. The number of hydrogen-bond donors (Lipinski definition) is 2. The second-order valence-electron chi connectivity index (χ2n) is 10.8. The van der Waals surface area contributed by atoms with Crippen LogP contribution in [0.25, 0.3) is 0 Å². The number of rotatable bonds is 7. The van der Waals surface area contributed by atoms with Gasteiger partial charge in [-0.2, -0.15) is 0 Å². The van der Waals surface area contributed by atoms with E-state index in [2.05, 4.69) is 59.7 Å². The topological polar surface area (TPSA) is 53.6 Å². The molecular formula is C26H39N3O2. The van der Waals surface area contributed by atoms with Gasteiger partial charge in [-0.25, -0.2) is 0 Å². The van der Waals surface area contributed by atoms with E-state index < -0.39 is 5.54 Å². The Kier molecular flexibility index (Phi) is 6.11. The Morgan fingerprint density at radius 2 is 2.13 bits per heavy atom. The van der Waals surface area contributed by atoms with Crippen LogP contribution < -0.4 is 10.6 Å². The van der Waals surface area contributed by atoms with Crippen molar-refractivity contribution in [2.24, 2.45) is 23.7 Å². The SMILES string of the molecule is CC(C)CN1C[C@@H]2C[C@H]3CN[C@]2(C(=O)NCC2CCCCO2)C1[C@@H]3Cc1ccccc1. The van der Waals surface area contributed by atoms with Gasteiger partial charge in [-0.3, -0.25) is 9.69 Å². The number of ether oxygens (including phenoxy) is 1. The number of amides is 1. The highest BCUT2D eigenvalue weighted by atomic mass is 16.5. The Hall–Kier alpha value is -1.43. The summed E-state index contributed by atoms with van der Waals surface area (Å²) in [5, 5.41) is 7.15. The lowest BCUT2D eigenvalue weighted by molar-refractivity contribution is -0.139. The summed E-state index contributed by atoms with van der Waals surface area (Å²) in [4.78, 5) is 16.5. The quantitative estimate of drug-likeness (QED) is 0.705. The van der Waals surface area contributed by atoms with Crippen LogP contribution in [0.2, 0.25) is 0 Å². The number of carbonyl (C=O) groups is 1. The molecule has 1 amide bonds. The molecule has 1 saturated carbocycles. The average Bonchev–Trinajstić information content (AvgIpc) is 3.04. The molecule has 5 heteroatoms. The first-order chi connectivity index (χ1) is 15.1. The summed E-state index contributed by atoms with van der Waals surface area (Å²) in [6.45, 7) is 9.16. The molecule has 2 unspecified atom stereocenters. The van der Waals surface area contributed by atoms with Gasteiger partial charge in [0.05, 0.1) is 6.10 Å². The zero-order valence-electron chi connectivity index (χ0n) is 19.2. The monoisotopic (exact) mass is 425 g/mol. The molecule has 0 spiro atoms. The third-order valence-corrected chi connectivity index (χ3v) is 8.27. The van der Waals surface area contributed by atoms with E-state index >= 15 is 0 Å². The molecule has 1 aromatic rings. The lowest BCUT2D eigenvalue weighted by atomic mass is 9.58. The molecule has 4 heterocycles. The van der Waals surface area contributed by atoms with Crippen molar-refractivity contribution in [3.63, 3.8) is 0 Å². The maximum atomic E-state index is 13.9. The lowest BCUT2D eigenvalue weighted by Gasteiger charge is -2.56. The Morgan fingerprint density at radius 3 is 2.87 bits per heavy atom. The normalized spacial score (nSPS) is 37.3. The predicted octanol–water partition coefficient (Wildman–Crippen LogP) is 2.85. The molecule has 4 aliphatic heterocycles.